The van der Waals surface area contributed by atoms with E-state index in [2.05, 4.69) is 19.7 Å². The monoisotopic (exact) mass is 222 g/mol. The van der Waals surface area contributed by atoms with Gasteiger partial charge in [0.25, 0.3) is 0 Å². The number of aliphatic hydroxyl groups excluding tert-OH is 1. The molecule has 5 heteroatoms. The number of piperidine rings is 1. The van der Waals surface area contributed by atoms with E-state index in [1.807, 2.05) is 0 Å². The summed E-state index contributed by atoms with van der Waals surface area (Å²) in [5.74, 6) is 0.706. The summed E-state index contributed by atoms with van der Waals surface area (Å²) in [4.78, 5) is 2.58. The zero-order chi connectivity index (χ0) is 11.0. The average Bonchev–Trinajstić information content (AvgIpc) is 2.94. The Labute approximate surface area is 95.1 Å². The van der Waals surface area contributed by atoms with Crippen LogP contribution >= 0.6 is 0 Å². The van der Waals surface area contributed by atoms with Gasteiger partial charge < -0.3 is 9.67 Å². The molecule has 1 aromatic heterocycles. The van der Waals surface area contributed by atoms with Gasteiger partial charge in [0.1, 0.15) is 12.9 Å². The van der Waals surface area contributed by atoms with Crippen LogP contribution in [-0.2, 0) is 6.61 Å². The minimum Gasteiger partial charge on any atom is -0.388 e. The summed E-state index contributed by atoms with van der Waals surface area (Å²) in [6.45, 7) is 2.40. The van der Waals surface area contributed by atoms with Gasteiger partial charge in [0, 0.05) is 12.6 Å². The standard InChI is InChI=1S/C11H18N4O/c16-7-11-13-12-8-15(11)10-4-6-14-5-2-1-3-9(10)14/h8-10,16H,1-7H2. The first-order chi connectivity index (χ1) is 7.90. The topological polar surface area (TPSA) is 54.2 Å². The Morgan fingerprint density at radius 2 is 2.19 bits per heavy atom. The van der Waals surface area contributed by atoms with E-state index in [1.165, 1.54) is 32.4 Å². The van der Waals surface area contributed by atoms with Crippen LogP contribution in [0.2, 0.25) is 0 Å². The molecule has 0 aromatic carbocycles. The van der Waals surface area contributed by atoms with Gasteiger partial charge in [0.15, 0.2) is 5.82 Å². The lowest BCUT2D eigenvalue weighted by molar-refractivity contribution is 0.169. The molecular formula is C11H18N4O. The van der Waals surface area contributed by atoms with Crippen molar-refractivity contribution in [3.05, 3.63) is 12.2 Å². The van der Waals surface area contributed by atoms with E-state index in [4.69, 9.17) is 0 Å². The van der Waals surface area contributed by atoms with Gasteiger partial charge in [-0.25, -0.2) is 0 Å². The van der Waals surface area contributed by atoms with Crippen molar-refractivity contribution in [2.24, 2.45) is 0 Å². The van der Waals surface area contributed by atoms with Crippen molar-refractivity contribution in [3.8, 4) is 0 Å². The molecule has 0 spiro atoms. The Morgan fingerprint density at radius 3 is 3.06 bits per heavy atom. The van der Waals surface area contributed by atoms with Gasteiger partial charge in [0.05, 0.1) is 6.04 Å². The Morgan fingerprint density at radius 1 is 1.25 bits per heavy atom. The van der Waals surface area contributed by atoms with E-state index in [9.17, 15) is 5.11 Å². The fourth-order valence-electron chi connectivity index (χ4n) is 3.20. The van der Waals surface area contributed by atoms with Crippen molar-refractivity contribution >= 4 is 0 Å². The summed E-state index contributed by atoms with van der Waals surface area (Å²) < 4.78 is 2.08. The van der Waals surface area contributed by atoms with Crippen LogP contribution in [0.1, 0.15) is 37.5 Å². The molecule has 2 aliphatic rings. The molecule has 5 nitrogen and oxygen atoms in total. The van der Waals surface area contributed by atoms with Gasteiger partial charge in [-0.15, -0.1) is 10.2 Å². The predicted octanol–water partition coefficient (Wildman–Crippen LogP) is 0.570. The summed E-state index contributed by atoms with van der Waals surface area (Å²) in [6, 6.07) is 1.10. The molecule has 0 saturated carbocycles. The van der Waals surface area contributed by atoms with Gasteiger partial charge in [-0.3, -0.25) is 4.90 Å². The lowest BCUT2D eigenvalue weighted by atomic mass is 9.99. The Bertz CT molecular complexity index is 365. The Hall–Kier alpha value is -0.940. The van der Waals surface area contributed by atoms with Crippen LogP contribution in [-0.4, -0.2) is 43.9 Å². The maximum atomic E-state index is 9.23. The number of hydrogen-bond donors (Lipinski definition) is 1. The zero-order valence-electron chi connectivity index (χ0n) is 9.42. The van der Waals surface area contributed by atoms with Crippen molar-refractivity contribution in [3.63, 3.8) is 0 Å². The van der Waals surface area contributed by atoms with Crippen molar-refractivity contribution < 1.29 is 5.11 Å². The van der Waals surface area contributed by atoms with Crippen LogP contribution < -0.4 is 0 Å². The van der Waals surface area contributed by atoms with Crippen molar-refractivity contribution in [1.29, 1.82) is 0 Å². The maximum absolute atomic E-state index is 9.23. The predicted molar refractivity (Wildman–Crippen MR) is 58.8 cm³/mol. The first kappa shape index (κ1) is 10.2. The van der Waals surface area contributed by atoms with E-state index in [-0.39, 0.29) is 6.61 Å². The molecule has 3 heterocycles. The fourth-order valence-corrected chi connectivity index (χ4v) is 3.20. The van der Waals surface area contributed by atoms with E-state index in [0.717, 1.165) is 6.42 Å². The highest BCUT2D eigenvalue weighted by atomic mass is 16.3. The second-order valence-corrected chi connectivity index (χ2v) is 4.77. The minimum absolute atomic E-state index is 0.0107. The van der Waals surface area contributed by atoms with Crippen LogP contribution in [0.4, 0.5) is 0 Å². The number of aromatic nitrogens is 3. The molecule has 1 N–H and O–H groups in total. The lowest BCUT2D eigenvalue weighted by Gasteiger charge is -2.32. The van der Waals surface area contributed by atoms with Gasteiger partial charge in [-0.05, 0) is 25.8 Å². The second-order valence-electron chi connectivity index (χ2n) is 4.77. The highest BCUT2D eigenvalue weighted by molar-refractivity contribution is 4.98. The Kier molecular flexibility index (Phi) is 2.65. The van der Waals surface area contributed by atoms with Crippen molar-refractivity contribution in [2.45, 2.75) is 44.4 Å². The van der Waals surface area contributed by atoms with Gasteiger partial charge >= 0.3 is 0 Å². The number of rotatable bonds is 2. The van der Waals surface area contributed by atoms with E-state index in [0.29, 0.717) is 17.9 Å². The average molecular weight is 222 g/mol. The first-order valence-corrected chi connectivity index (χ1v) is 6.13. The van der Waals surface area contributed by atoms with Gasteiger partial charge in [-0.1, -0.05) is 6.42 Å². The molecule has 2 atom stereocenters. The van der Waals surface area contributed by atoms with E-state index in [1.54, 1.807) is 6.33 Å². The Balaban J connectivity index is 1.84. The van der Waals surface area contributed by atoms with Gasteiger partial charge in [-0.2, -0.15) is 0 Å². The number of fused-ring (bicyclic) bond motifs is 1. The lowest BCUT2D eigenvalue weighted by Crippen LogP contribution is -2.37. The quantitative estimate of drug-likeness (QED) is 0.795. The summed E-state index contributed by atoms with van der Waals surface area (Å²) >= 11 is 0. The summed E-state index contributed by atoms with van der Waals surface area (Å²) in [7, 11) is 0. The number of hydrogen-bond acceptors (Lipinski definition) is 4. The molecule has 1 aromatic rings. The van der Waals surface area contributed by atoms with Crippen molar-refractivity contribution in [2.75, 3.05) is 13.1 Å². The molecule has 2 aliphatic heterocycles. The minimum atomic E-state index is -0.0107. The highest BCUT2D eigenvalue weighted by Gasteiger charge is 2.37. The largest absolute Gasteiger partial charge is 0.388 e. The molecule has 0 aliphatic carbocycles. The third-order valence-corrected chi connectivity index (χ3v) is 3.97. The zero-order valence-corrected chi connectivity index (χ0v) is 9.42. The van der Waals surface area contributed by atoms with Crippen LogP contribution in [0.15, 0.2) is 6.33 Å². The van der Waals surface area contributed by atoms with E-state index >= 15 is 0 Å². The summed E-state index contributed by atoms with van der Waals surface area (Å²) in [5.41, 5.74) is 0. The molecule has 0 bridgehead atoms. The summed E-state index contributed by atoms with van der Waals surface area (Å²) in [6.07, 6.45) is 6.87. The number of aliphatic hydroxyl groups is 1. The molecule has 88 valence electrons. The smallest absolute Gasteiger partial charge is 0.158 e. The maximum Gasteiger partial charge on any atom is 0.158 e. The normalized spacial score (nSPS) is 30.6. The molecule has 3 rings (SSSR count). The highest BCUT2D eigenvalue weighted by Crippen LogP contribution is 2.35. The first-order valence-electron chi connectivity index (χ1n) is 6.13. The van der Waals surface area contributed by atoms with Crippen LogP contribution in [0.5, 0.6) is 0 Å². The molecule has 2 fully saturated rings. The fraction of sp³-hybridized carbons (Fsp3) is 0.818. The molecule has 0 radical (unpaired) electrons. The molecule has 16 heavy (non-hydrogen) atoms. The van der Waals surface area contributed by atoms with Crippen LogP contribution in [0, 0.1) is 0 Å². The molecule has 2 saturated heterocycles. The second kappa shape index (κ2) is 4.14. The van der Waals surface area contributed by atoms with Crippen LogP contribution in [0.3, 0.4) is 0 Å². The number of nitrogens with zero attached hydrogens (tertiary/aromatic N) is 4. The summed E-state index contributed by atoms with van der Waals surface area (Å²) in [5, 5.41) is 17.1. The third-order valence-electron chi connectivity index (χ3n) is 3.97. The third kappa shape index (κ3) is 1.55. The van der Waals surface area contributed by atoms with Crippen LogP contribution in [0.25, 0.3) is 0 Å². The van der Waals surface area contributed by atoms with Crippen molar-refractivity contribution in [1.82, 2.24) is 19.7 Å². The SMILES string of the molecule is OCc1nncn1C1CCN2CCCCC12. The van der Waals surface area contributed by atoms with E-state index < -0.39 is 0 Å². The van der Waals surface area contributed by atoms with Gasteiger partial charge in [0.2, 0.25) is 0 Å². The molecule has 2 unspecified atom stereocenters. The molecule has 0 amide bonds. The molecular weight excluding hydrogens is 204 g/mol.